The average Bonchev–Trinajstić information content (AvgIpc) is 2.94. The zero-order valence-electron chi connectivity index (χ0n) is 13.8. The Hall–Kier alpha value is -2.40. The molecule has 2 aromatic carbocycles. The first-order chi connectivity index (χ1) is 11.7. The lowest BCUT2D eigenvalue weighted by atomic mass is 10.2. The van der Waals surface area contributed by atoms with Gasteiger partial charge in [0.05, 0.1) is 7.11 Å². The molecule has 0 radical (unpaired) electrons. The molecule has 24 heavy (non-hydrogen) atoms. The van der Waals surface area contributed by atoms with Gasteiger partial charge in [-0.1, -0.05) is 24.3 Å². The third kappa shape index (κ3) is 3.57. The molecule has 2 N–H and O–H groups in total. The van der Waals surface area contributed by atoms with E-state index in [0.29, 0.717) is 17.9 Å². The number of thioether (sulfide) groups is 1. The van der Waals surface area contributed by atoms with E-state index in [2.05, 4.69) is 29.4 Å². The van der Waals surface area contributed by atoms with E-state index in [1.54, 1.807) is 31.0 Å². The minimum atomic E-state index is -0.0786. The molecule has 1 aromatic heterocycles. The molecule has 0 spiro atoms. The summed E-state index contributed by atoms with van der Waals surface area (Å²) in [5.41, 5.74) is 2.93. The minimum Gasteiger partial charge on any atom is -0.497 e. The van der Waals surface area contributed by atoms with E-state index in [1.807, 2.05) is 24.3 Å². The van der Waals surface area contributed by atoms with Gasteiger partial charge in [-0.05, 0) is 31.2 Å². The van der Waals surface area contributed by atoms with Gasteiger partial charge in [-0.3, -0.25) is 4.79 Å². The number of methoxy groups -OCH3 is 1. The molecule has 3 aromatic rings. The molecule has 0 aliphatic carbocycles. The second-order valence-corrected chi connectivity index (χ2v) is 6.57. The lowest BCUT2D eigenvalue weighted by Crippen LogP contribution is -2.25. The maximum absolute atomic E-state index is 12.2. The smallest absolute Gasteiger partial charge is 0.251 e. The molecule has 0 fully saturated rings. The van der Waals surface area contributed by atoms with Gasteiger partial charge < -0.3 is 15.0 Å². The Kier molecular flexibility index (Phi) is 5.11. The molecule has 4 nitrogen and oxygen atoms in total. The maximum atomic E-state index is 12.2. The summed E-state index contributed by atoms with van der Waals surface area (Å²) in [6.45, 7) is 2.69. The largest absolute Gasteiger partial charge is 0.497 e. The molecule has 0 aliphatic rings. The van der Waals surface area contributed by atoms with Gasteiger partial charge in [0.2, 0.25) is 0 Å². The van der Waals surface area contributed by atoms with E-state index in [1.165, 1.54) is 16.0 Å². The molecule has 124 valence electrons. The standard InChI is InChI=1S/C19H20N2O2S/c1-13-18(16-8-3-4-9-17(16)21-13)24-11-10-20-19(22)14-6-5-7-15(12-14)23-2/h3-9,12,21H,10-11H2,1-2H3,(H,20,22). The fourth-order valence-corrected chi connectivity index (χ4v) is 3.63. The van der Waals surface area contributed by atoms with Crippen molar-refractivity contribution in [3.8, 4) is 5.75 Å². The normalized spacial score (nSPS) is 10.8. The van der Waals surface area contributed by atoms with E-state index < -0.39 is 0 Å². The third-order valence-corrected chi connectivity index (χ3v) is 5.02. The van der Waals surface area contributed by atoms with Crippen molar-refractivity contribution in [3.63, 3.8) is 0 Å². The van der Waals surface area contributed by atoms with Gasteiger partial charge in [-0.15, -0.1) is 11.8 Å². The van der Waals surface area contributed by atoms with E-state index in [0.717, 1.165) is 11.3 Å². The van der Waals surface area contributed by atoms with Gasteiger partial charge >= 0.3 is 0 Å². The van der Waals surface area contributed by atoms with E-state index in [-0.39, 0.29) is 5.91 Å². The van der Waals surface area contributed by atoms with Crippen molar-refractivity contribution in [3.05, 3.63) is 59.8 Å². The number of hydrogen-bond acceptors (Lipinski definition) is 3. The molecular formula is C19H20N2O2S. The highest BCUT2D eigenvalue weighted by atomic mass is 32.2. The van der Waals surface area contributed by atoms with Crippen LogP contribution in [0, 0.1) is 6.92 Å². The van der Waals surface area contributed by atoms with Crippen molar-refractivity contribution in [2.24, 2.45) is 0 Å². The van der Waals surface area contributed by atoms with Crippen LogP contribution in [0.25, 0.3) is 10.9 Å². The quantitative estimate of drug-likeness (QED) is 0.527. The fraction of sp³-hybridized carbons (Fsp3) is 0.211. The van der Waals surface area contributed by atoms with Crippen LogP contribution in [-0.4, -0.2) is 30.3 Å². The highest BCUT2D eigenvalue weighted by Gasteiger charge is 2.09. The molecule has 0 saturated heterocycles. The summed E-state index contributed by atoms with van der Waals surface area (Å²) >= 11 is 1.76. The van der Waals surface area contributed by atoms with Crippen molar-refractivity contribution < 1.29 is 9.53 Å². The van der Waals surface area contributed by atoms with E-state index in [4.69, 9.17) is 4.74 Å². The Balaban J connectivity index is 1.56. The van der Waals surface area contributed by atoms with E-state index >= 15 is 0 Å². The summed E-state index contributed by atoms with van der Waals surface area (Å²) in [5, 5.41) is 4.19. The number of fused-ring (bicyclic) bond motifs is 1. The Bertz CT molecular complexity index is 857. The summed E-state index contributed by atoms with van der Waals surface area (Å²) in [7, 11) is 1.59. The highest BCUT2D eigenvalue weighted by molar-refractivity contribution is 7.99. The lowest BCUT2D eigenvalue weighted by molar-refractivity contribution is 0.0956. The van der Waals surface area contributed by atoms with Crippen LogP contribution >= 0.6 is 11.8 Å². The van der Waals surface area contributed by atoms with Gasteiger partial charge in [0.25, 0.3) is 5.91 Å². The molecule has 0 saturated carbocycles. The number of carbonyl (C=O) groups is 1. The number of hydrogen-bond donors (Lipinski definition) is 2. The number of nitrogens with one attached hydrogen (secondary N) is 2. The molecule has 0 bridgehead atoms. The Morgan fingerprint density at radius 2 is 2.04 bits per heavy atom. The lowest BCUT2D eigenvalue weighted by Gasteiger charge is -2.07. The summed E-state index contributed by atoms with van der Waals surface area (Å²) < 4.78 is 5.15. The maximum Gasteiger partial charge on any atom is 0.251 e. The van der Waals surface area contributed by atoms with Crippen LogP contribution in [-0.2, 0) is 0 Å². The number of aryl methyl sites for hydroxylation is 1. The molecule has 0 unspecified atom stereocenters. The van der Waals surface area contributed by atoms with Crippen LogP contribution in [0.1, 0.15) is 16.1 Å². The third-order valence-electron chi connectivity index (χ3n) is 3.80. The molecule has 0 aliphatic heterocycles. The van der Waals surface area contributed by atoms with Gasteiger partial charge in [0.15, 0.2) is 0 Å². The average molecular weight is 340 g/mol. The van der Waals surface area contributed by atoms with Crippen molar-refractivity contribution >= 4 is 28.6 Å². The van der Waals surface area contributed by atoms with Crippen LogP contribution < -0.4 is 10.1 Å². The fourth-order valence-electron chi connectivity index (χ4n) is 2.62. The molecule has 1 heterocycles. The minimum absolute atomic E-state index is 0.0786. The molecular weight excluding hydrogens is 320 g/mol. The number of H-pyrrole nitrogens is 1. The monoisotopic (exact) mass is 340 g/mol. The Labute approximate surface area is 145 Å². The highest BCUT2D eigenvalue weighted by Crippen LogP contribution is 2.30. The van der Waals surface area contributed by atoms with Gasteiger partial charge in [0.1, 0.15) is 5.75 Å². The Morgan fingerprint density at radius 1 is 1.21 bits per heavy atom. The van der Waals surface area contributed by atoms with Crippen molar-refractivity contribution in [1.29, 1.82) is 0 Å². The predicted octanol–water partition coefficient (Wildman–Crippen LogP) is 4.01. The first kappa shape index (κ1) is 16.5. The number of amides is 1. The predicted molar refractivity (Wildman–Crippen MR) is 99.1 cm³/mol. The first-order valence-corrected chi connectivity index (χ1v) is 8.80. The van der Waals surface area contributed by atoms with Crippen LogP contribution in [0.2, 0.25) is 0 Å². The number of ether oxygens (including phenoxy) is 1. The van der Waals surface area contributed by atoms with Crippen molar-refractivity contribution in [1.82, 2.24) is 10.3 Å². The molecule has 5 heteroatoms. The SMILES string of the molecule is COc1cccc(C(=O)NCCSc2c(C)[nH]c3ccccc23)c1. The Morgan fingerprint density at radius 3 is 2.88 bits per heavy atom. The van der Waals surface area contributed by atoms with Gasteiger partial charge in [0, 0.05) is 39.4 Å². The van der Waals surface area contributed by atoms with Crippen LogP contribution in [0.4, 0.5) is 0 Å². The van der Waals surface area contributed by atoms with Crippen LogP contribution in [0.3, 0.4) is 0 Å². The number of benzene rings is 2. The van der Waals surface area contributed by atoms with Crippen molar-refractivity contribution in [2.75, 3.05) is 19.4 Å². The first-order valence-electron chi connectivity index (χ1n) is 7.81. The number of carbonyl (C=O) groups excluding carboxylic acids is 1. The number of aromatic amines is 1. The topological polar surface area (TPSA) is 54.1 Å². The second kappa shape index (κ2) is 7.45. The van der Waals surface area contributed by atoms with Crippen LogP contribution in [0.15, 0.2) is 53.4 Å². The molecule has 1 amide bonds. The molecule has 0 atom stereocenters. The summed E-state index contributed by atoms with van der Waals surface area (Å²) in [5.74, 6) is 1.43. The summed E-state index contributed by atoms with van der Waals surface area (Å²) in [6, 6.07) is 15.4. The number of aromatic nitrogens is 1. The van der Waals surface area contributed by atoms with Crippen LogP contribution in [0.5, 0.6) is 5.75 Å². The van der Waals surface area contributed by atoms with E-state index in [9.17, 15) is 4.79 Å². The van der Waals surface area contributed by atoms with Gasteiger partial charge in [-0.2, -0.15) is 0 Å². The summed E-state index contributed by atoms with van der Waals surface area (Å²) in [6.07, 6.45) is 0. The summed E-state index contributed by atoms with van der Waals surface area (Å²) in [4.78, 5) is 16.8. The number of rotatable bonds is 6. The zero-order valence-corrected chi connectivity index (χ0v) is 14.6. The second-order valence-electron chi connectivity index (χ2n) is 5.46. The van der Waals surface area contributed by atoms with Gasteiger partial charge in [-0.25, -0.2) is 0 Å². The zero-order chi connectivity index (χ0) is 16.9. The molecule has 3 rings (SSSR count). The number of para-hydroxylation sites is 1. The van der Waals surface area contributed by atoms with Crippen molar-refractivity contribution in [2.45, 2.75) is 11.8 Å².